The van der Waals surface area contributed by atoms with E-state index in [4.69, 9.17) is 0 Å². The van der Waals surface area contributed by atoms with Gasteiger partial charge in [0.25, 0.3) is 0 Å². The molecule has 3 atom stereocenters. The number of alkyl halides is 3. The van der Waals surface area contributed by atoms with Gasteiger partial charge in [0.05, 0.1) is 5.41 Å². The second kappa shape index (κ2) is 4.89. The lowest BCUT2D eigenvalue weighted by molar-refractivity contribution is -0.151. The molecule has 0 saturated heterocycles. The van der Waals surface area contributed by atoms with Gasteiger partial charge in [0, 0.05) is 5.92 Å². The molecule has 5 nitrogen and oxygen atoms in total. The fraction of sp³-hybridized carbons (Fsp3) is 0.750. The predicted octanol–water partition coefficient (Wildman–Crippen LogP) is 2.65. The Kier molecular flexibility index (Phi) is 3.76. The molecule has 1 fully saturated rings. The second-order valence-electron chi connectivity index (χ2n) is 5.47. The van der Waals surface area contributed by atoms with Gasteiger partial charge in [-0.25, -0.2) is 0 Å². The third-order valence-corrected chi connectivity index (χ3v) is 5.36. The van der Waals surface area contributed by atoms with Gasteiger partial charge in [0.1, 0.15) is 5.76 Å². The molecule has 1 N–H and O–H groups in total. The van der Waals surface area contributed by atoms with Crippen molar-refractivity contribution in [2.75, 3.05) is 0 Å². The number of hydrogen-bond donors (Lipinski definition) is 1. The van der Waals surface area contributed by atoms with Gasteiger partial charge >= 0.3 is 21.6 Å². The summed E-state index contributed by atoms with van der Waals surface area (Å²) >= 11 is 0. The first kappa shape index (κ1) is 16.1. The Morgan fingerprint density at radius 1 is 1.52 bits per heavy atom. The summed E-state index contributed by atoms with van der Waals surface area (Å²) in [6.45, 7) is 1.71. The Hall–Kier alpha value is -1.25. The first-order valence-corrected chi connectivity index (χ1v) is 7.90. The molecule has 0 aromatic carbocycles. The van der Waals surface area contributed by atoms with Crippen LogP contribution in [-0.4, -0.2) is 25.0 Å². The van der Waals surface area contributed by atoms with E-state index in [0.29, 0.717) is 19.3 Å². The highest BCUT2D eigenvalue weighted by molar-refractivity contribution is 7.87. The van der Waals surface area contributed by atoms with Gasteiger partial charge in [0.2, 0.25) is 0 Å². The summed E-state index contributed by atoms with van der Waals surface area (Å²) in [6, 6.07) is 0. The molecule has 0 heterocycles. The number of allylic oxidation sites excluding steroid dienone is 2. The molecule has 0 radical (unpaired) electrons. The largest absolute Gasteiger partial charge is 0.534 e. The van der Waals surface area contributed by atoms with Gasteiger partial charge in [0.15, 0.2) is 0 Å². The van der Waals surface area contributed by atoms with Crippen molar-refractivity contribution in [2.24, 2.45) is 17.3 Å². The first-order valence-electron chi connectivity index (χ1n) is 6.49. The maximum atomic E-state index is 12.4. The molecule has 0 spiro atoms. The molecule has 1 saturated carbocycles. The van der Waals surface area contributed by atoms with Crippen molar-refractivity contribution >= 4 is 16.1 Å². The molecule has 3 unspecified atom stereocenters. The van der Waals surface area contributed by atoms with Gasteiger partial charge in [-0.3, -0.25) is 4.79 Å². The number of rotatable bonds is 4. The lowest BCUT2D eigenvalue weighted by Crippen LogP contribution is -2.38. The summed E-state index contributed by atoms with van der Waals surface area (Å²) in [4.78, 5) is 11.5. The van der Waals surface area contributed by atoms with Gasteiger partial charge < -0.3 is 9.29 Å². The van der Waals surface area contributed by atoms with Crippen LogP contribution in [0.15, 0.2) is 11.8 Å². The molecule has 2 aliphatic rings. The SMILES string of the molecule is CCC1C=C(OS(=O)(=O)C(F)(F)F)C2CCC1(C(=O)O)C2. The number of aliphatic carboxylic acids is 1. The van der Waals surface area contributed by atoms with E-state index < -0.39 is 38.8 Å². The van der Waals surface area contributed by atoms with Crippen LogP contribution in [0.4, 0.5) is 13.2 Å². The van der Waals surface area contributed by atoms with Crippen LogP contribution in [0.2, 0.25) is 0 Å². The van der Waals surface area contributed by atoms with Crippen LogP contribution in [0.1, 0.15) is 32.6 Å². The van der Waals surface area contributed by atoms with Crippen LogP contribution in [0, 0.1) is 17.3 Å². The Labute approximate surface area is 119 Å². The highest BCUT2D eigenvalue weighted by Crippen LogP contribution is 2.55. The minimum Gasteiger partial charge on any atom is -0.481 e. The van der Waals surface area contributed by atoms with E-state index in [0.717, 1.165) is 0 Å². The number of fused-ring (bicyclic) bond motifs is 2. The molecular weight excluding hydrogens is 313 g/mol. The molecule has 0 amide bonds. The number of hydrogen-bond acceptors (Lipinski definition) is 4. The number of carbonyl (C=O) groups is 1. The van der Waals surface area contributed by atoms with Crippen LogP contribution in [0.25, 0.3) is 0 Å². The van der Waals surface area contributed by atoms with E-state index in [9.17, 15) is 31.5 Å². The predicted molar refractivity (Wildman–Crippen MR) is 65.3 cm³/mol. The van der Waals surface area contributed by atoms with E-state index in [1.54, 1.807) is 6.92 Å². The monoisotopic (exact) mass is 328 g/mol. The maximum absolute atomic E-state index is 12.4. The summed E-state index contributed by atoms with van der Waals surface area (Å²) in [7, 11) is -5.71. The minimum absolute atomic E-state index is 0.111. The summed E-state index contributed by atoms with van der Waals surface area (Å²) in [6.07, 6.45) is 2.36. The number of halogens is 3. The van der Waals surface area contributed by atoms with Gasteiger partial charge in [-0.2, -0.15) is 21.6 Å². The zero-order valence-corrected chi connectivity index (χ0v) is 12.0. The molecule has 120 valence electrons. The summed E-state index contributed by atoms with van der Waals surface area (Å²) < 4.78 is 63.6. The van der Waals surface area contributed by atoms with E-state index in [1.165, 1.54) is 6.08 Å². The Bertz CT molecular complexity index is 580. The van der Waals surface area contributed by atoms with Crippen molar-refractivity contribution in [1.82, 2.24) is 0 Å². The smallest absolute Gasteiger partial charge is 0.481 e. The van der Waals surface area contributed by atoms with E-state index >= 15 is 0 Å². The van der Waals surface area contributed by atoms with Crippen molar-refractivity contribution in [3.05, 3.63) is 11.8 Å². The molecule has 2 aliphatic carbocycles. The third kappa shape index (κ3) is 2.51. The van der Waals surface area contributed by atoms with Crippen LogP contribution in [-0.2, 0) is 19.1 Å². The van der Waals surface area contributed by atoms with E-state index in [1.807, 2.05) is 0 Å². The zero-order chi connectivity index (χ0) is 16.1. The first-order chi connectivity index (χ1) is 9.53. The zero-order valence-electron chi connectivity index (χ0n) is 11.2. The summed E-state index contributed by atoms with van der Waals surface area (Å²) in [5.41, 5.74) is -6.51. The minimum atomic E-state index is -5.71. The highest BCUT2D eigenvalue weighted by Gasteiger charge is 2.56. The lowest BCUT2D eigenvalue weighted by Gasteiger charge is -2.35. The van der Waals surface area contributed by atoms with Crippen molar-refractivity contribution in [2.45, 2.75) is 38.1 Å². The standard InChI is InChI=1S/C12H15F3O5S/c1-2-8-5-9(20-21(18,19)12(13,14)15)7-3-4-11(8,6-7)10(16)17/h5,7-8H,2-4,6H2,1H3,(H,16,17). The molecule has 21 heavy (non-hydrogen) atoms. The van der Waals surface area contributed by atoms with Crippen LogP contribution in [0.5, 0.6) is 0 Å². The Morgan fingerprint density at radius 2 is 2.14 bits per heavy atom. The maximum Gasteiger partial charge on any atom is 0.534 e. The fourth-order valence-corrected chi connectivity index (χ4v) is 3.82. The molecule has 2 bridgehead atoms. The molecule has 2 rings (SSSR count). The lowest BCUT2D eigenvalue weighted by atomic mass is 9.69. The molecule has 0 aliphatic heterocycles. The highest BCUT2D eigenvalue weighted by atomic mass is 32.2. The fourth-order valence-electron chi connectivity index (χ4n) is 3.28. The topological polar surface area (TPSA) is 80.7 Å². The second-order valence-corrected chi connectivity index (χ2v) is 7.01. The van der Waals surface area contributed by atoms with Crippen molar-refractivity contribution in [1.29, 1.82) is 0 Å². The van der Waals surface area contributed by atoms with Crippen molar-refractivity contribution in [3.63, 3.8) is 0 Å². The molecular formula is C12H15F3O5S. The van der Waals surface area contributed by atoms with Gasteiger partial charge in [-0.1, -0.05) is 6.92 Å². The van der Waals surface area contributed by atoms with E-state index in [2.05, 4.69) is 4.18 Å². The quantitative estimate of drug-likeness (QED) is 0.634. The van der Waals surface area contributed by atoms with Gasteiger partial charge in [-0.15, -0.1) is 0 Å². The molecule has 9 heteroatoms. The Balaban J connectivity index is 2.34. The van der Waals surface area contributed by atoms with Crippen molar-refractivity contribution < 1.29 is 35.7 Å². The number of carboxylic acid groups (broad SMARTS) is 1. The molecule has 0 aromatic rings. The van der Waals surface area contributed by atoms with Crippen molar-refractivity contribution in [3.8, 4) is 0 Å². The average Bonchev–Trinajstić information content (AvgIpc) is 2.73. The Morgan fingerprint density at radius 3 is 2.62 bits per heavy atom. The summed E-state index contributed by atoms with van der Waals surface area (Å²) in [5.74, 6) is -2.40. The summed E-state index contributed by atoms with van der Waals surface area (Å²) in [5, 5.41) is 9.40. The normalized spacial score (nSPS) is 32.7. The average molecular weight is 328 g/mol. The third-order valence-electron chi connectivity index (χ3n) is 4.38. The van der Waals surface area contributed by atoms with Crippen LogP contribution < -0.4 is 0 Å². The van der Waals surface area contributed by atoms with Gasteiger partial charge in [-0.05, 0) is 37.7 Å². The van der Waals surface area contributed by atoms with E-state index in [-0.39, 0.29) is 12.2 Å². The van der Waals surface area contributed by atoms with Crippen LogP contribution >= 0.6 is 0 Å². The van der Waals surface area contributed by atoms with Crippen LogP contribution in [0.3, 0.4) is 0 Å². The molecule has 0 aromatic heterocycles. The number of carboxylic acids is 1.